The molecule has 6 nitrogen and oxygen atoms in total. The Balaban J connectivity index is 2.00. The summed E-state index contributed by atoms with van der Waals surface area (Å²) in [6.07, 6.45) is 3.86. The van der Waals surface area contributed by atoms with Crippen LogP contribution >= 0.6 is 0 Å². The van der Waals surface area contributed by atoms with E-state index in [0.717, 1.165) is 6.08 Å². The van der Waals surface area contributed by atoms with Gasteiger partial charge in [0.25, 0.3) is 5.56 Å². The summed E-state index contributed by atoms with van der Waals surface area (Å²) in [7, 11) is 1.60. The molecule has 1 aliphatic heterocycles. The van der Waals surface area contributed by atoms with Crippen molar-refractivity contribution in [1.82, 2.24) is 9.55 Å². The van der Waals surface area contributed by atoms with Crippen LogP contribution in [0.1, 0.15) is 24.3 Å². The third-order valence-electron chi connectivity index (χ3n) is 4.90. The lowest BCUT2D eigenvalue weighted by molar-refractivity contribution is 0.0388. The molecule has 1 saturated heterocycles. The molecule has 0 saturated carbocycles. The fourth-order valence-corrected chi connectivity index (χ4v) is 3.29. The molecule has 1 aliphatic rings. The number of allylic oxidation sites excluding steroid dienone is 5. The summed E-state index contributed by atoms with van der Waals surface area (Å²) in [6.45, 7) is 6.38. The van der Waals surface area contributed by atoms with Crippen molar-refractivity contribution >= 4 is 17.2 Å². The molecule has 3 rings (SSSR count). The Morgan fingerprint density at radius 3 is 2.83 bits per heavy atom. The van der Waals surface area contributed by atoms with Gasteiger partial charge in [-0.3, -0.25) is 9.36 Å². The normalized spacial score (nSPS) is 17.9. The molecule has 0 unspecified atom stereocenters. The lowest BCUT2D eigenvalue weighted by Gasteiger charge is -2.34. The number of hydrogen-bond acceptors (Lipinski definition) is 5. The third-order valence-corrected chi connectivity index (χ3v) is 4.90. The summed E-state index contributed by atoms with van der Waals surface area (Å²) in [4.78, 5) is 19.0. The van der Waals surface area contributed by atoms with Gasteiger partial charge in [-0.1, -0.05) is 24.8 Å². The summed E-state index contributed by atoms with van der Waals surface area (Å²) in [6, 6.07) is 5.84. The number of halogens is 2. The Morgan fingerprint density at radius 1 is 1.40 bits per heavy atom. The van der Waals surface area contributed by atoms with E-state index in [1.54, 1.807) is 32.2 Å². The van der Waals surface area contributed by atoms with Gasteiger partial charge in [-0.05, 0) is 30.7 Å². The topological polar surface area (TPSA) is 73.4 Å². The largest absolute Gasteiger partial charge is 0.396 e. The van der Waals surface area contributed by atoms with Gasteiger partial charge in [0, 0.05) is 25.2 Å². The van der Waals surface area contributed by atoms with Gasteiger partial charge < -0.3 is 15.4 Å². The number of benzene rings is 1. The summed E-state index contributed by atoms with van der Waals surface area (Å²) < 4.78 is 35.4. The Morgan fingerprint density at radius 2 is 2.17 bits per heavy atom. The van der Waals surface area contributed by atoms with Crippen LogP contribution in [0.5, 0.6) is 0 Å². The molecule has 1 aromatic carbocycles. The molecule has 0 radical (unpaired) electrons. The smallest absolute Gasteiger partial charge is 0.255 e. The zero-order chi connectivity index (χ0) is 21.8. The minimum Gasteiger partial charge on any atom is -0.396 e. The van der Waals surface area contributed by atoms with E-state index in [2.05, 4.69) is 11.6 Å². The minimum atomic E-state index is -0.572. The average molecular weight is 414 g/mol. The van der Waals surface area contributed by atoms with Crippen molar-refractivity contribution in [1.29, 1.82) is 0 Å². The van der Waals surface area contributed by atoms with Crippen molar-refractivity contribution in [3.05, 3.63) is 82.3 Å². The standard InChI is InChI=1S/C22H24F2N4O2/c1-4-6-15(16(23)5-2)19-12-21(29)27(3)22(26-19)28-9-10-30-20(13-28)14-7-8-18(25)17(24)11-14/h4-8,11-12,20H,2,9-10,13,25H2,1,3H3/b6-4-,16-15-/t20-/m1/s1. The van der Waals surface area contributed by atoms with Gasteiger partial charge in [-0.25, -0.2) is 13.8 Å². The van der Waals surface area contributed by atoms with Crippen LogP contribution in [-0.4, -0.2) is 29.2 Å². The molecule has 158 valence electrons. The number of nitrogen functional groups attached to an aromatic ring is 1. The first-order chi connectivity index (χ1) is 14.3. The maximum absolute atomic E-state index is 14.3. The zero-order valence-corrected chi connectivity index (χ0v) is 16.9. The predicted molar refractivity (Wildman–Crippen MR) is 114 cm³/mol. The third kappa shape index (κ3) is 4.33. The first-order valence-corrected chi connectivity index (χ1v) is 9.50. The van der Waals surface area contributed by atoms with Gasteiger partial charge in [-0.15, -0.1) is 0 Å². The van der Waals surface area contributed by atoms with E-state index in [9.17, 15) is 13.6 Å². The van der Waals surface area contributed by atoms with Gasteiger partial charge >= 0.3 is 0 Å². The van der Waals surface area contributed by atoms with E-state index in [-0.39, 0.29) is 22.5 Å². The first-order valence-electron chi connectivity index (χ1n) is 9.50. The molecule has 1 atom stereocenters. The van der Waals surface area contributed by atoms with Crippen molar-refractivity contribution in [3.8, 4) is 0 Å². The van der Waals surface area contributed by atoms with Crippen LogP contribution in [0.15, 0.2) is 59.7 Å². The van der Waals surface area contributed by atoms with Gasteiger partial charge in [0.05, 0.1) is 24.5 Å². The SMILES string of the molecule is C=C/C(F)=C(\C=C/C)c1cc(=O)n(C)c(N2CCO[C@@H](c3ccc(N)c(F)c3)C2)n1. The predicted octanol–water partition coefficient (Wildman–Crippen LogP) is 3.52. The van der Waals surface area contributed by atoms with E-state index in [4.69, 9.17) is 10.5 Å². The average Bonchev–Trinajstić information content (AvgIpc) is 2.75. The molecule has 2 heterocycles. The van der Waals surface area contributed by atoms with Gasteiger partial charge in [0.15, 0.2) is 0 Å². The second kappa shape index (κ2) is 9.04. The van der Waals surface area contributed by atoms with Crippen molar-refractivity contribution < 1.29 is 13.5 Å². The van der Waals surface area contributed by atoms with Crippen molar-refractivity contribution in [2.75, 3.05) is 30.3 Å². The summed E-state index contributed by atoms with van der Waals surface area (Å²) in [5.41, 5.74) is 6.33. The summed E-state index contributed by atoms with van der Waals surface area (Å²) >= 11 is 0. The molecular weight excluding hydrogens is 390 g/mol. The number of aromatic nitrogens is 2. The highest BCUT2D eigenvalue weighted by Crippen LogP contribution is 2.28. The lowest BCUT2D eigenvalue weighted by Crippen LogP contribution is -2.41. The zero-order valence-electron chi connectivity index (χ0n) is 16.9. The second-order valence-corrected chi connectivity index (χ2v) is 6.89. The highest BCUT2D eigenvalue weighted by Gasteiger charge is 2.26. The molecule has 30 heavy (non-hydrogen) atoms. The maximum atomic E-state index is 14.3. The van der Waals surface area contributed by atoms with Gasteiger partial charge in [0.2, 0.25) is 5.95 Å². The van der Waals surface area contributed by atoms with Gasteiger partial charge in [-0.2, -0.15) is 0 Å². The minimum absolute atomic E-state index is 0.0655. The van der Waals surface area contributed by atoms with Crippen LogP contribution in [0.2, 0.25) is 0 Å². The maximum Gasteiger partial charge on any atom is 0.255 e. The molecule has 2 N–H and O–H groups in total. The van der Waals surface area contributed by atoms with E-state index in [1.807, 2.05) is 4.90 Å². The fraction of sp³-hybridized carbons (Fsp3) is 0.273. The molecular formula is C22H24F2N4O2. The molecule has 0 bridgehead atoms. The summed E-state index contributed by atoms with van der Waals surface area (Å²) in [5, 5.41) is 0. The molecule has 0 amide bonds. The van der Waals surface area contributed by atoms with Crippen molar-refractivity contribution in [2.24, 2.45) is 7.05 Å². The van der Waals surface area contributed by atoms with E-state index < -0.39 is 17.7 Å². The Kier molecular flexibility index (Phi) is 6.47. The highest BCUT2D eigenvalue weighted by molar-refractivity contribution is 5.75. The van der Waals surface area contributed by atoms with Crippen LogP contribution in [-0.2, 0) is 11.8 Å². The molecule has 0 aliphatic carbocycles. The lowest BCUT2D eigenvalue weighted by atomic mass is 10.1. The highest BCUT2D eigenvalue weighted by atomic mass is 19.1. The number of ether oxygens (including phenoxy) is 1. The quantitative estimate of drug-likeness (QED) is 0.599. The van der Waals surface area contributed by atoms with Crippen LogP contribution in [0.4, 0.5) is 20.4 Å². The Bertz CT molecular complexity index is 1080. The Hall–Kier alpha value is -3.26. The molecule has 2 aromatic rings. The number of morpholine rings is 1. The summed E-state index contributed by atoms with van der Waals surface area (Å²) in [5.74, 6) is -0.709. The first kappa shape index (κ1) is 21.4. The van der Waals surface area contributed by atoms with E-state index in [0.29, 0.717) is 31.2 Å². The number of nitrogens with zero attached hydrogens (tertiary/aromatic N) is 3. The van der Waals surface area contributed by atoms with E-state index in [1.165, 1.54) is 22.8 Å². The van der Waals surface area contributed by atoms with Crippen LogP contribution in [0, 0.1) is 5.82 Å². The van der Waals surface area contributed by atoms with Crippen LogP contribution in [0.25, 0.3) is 5.57 Å². The van der Waals surface area contributed by atoms with Crippen molar-refractivity contribution in [3.63, 3.8) is 0 Å². The fourth-order valence-electron chi connectivity index (χ4n) is 3.29. The molecule has 1 fully saturated rings. The monoisotopic (exact) mass is 414 g/mol. The molecule has 0 spiro atoms. The van der Waals surface area contributed by atoms with E-state index >= 15 is 0 Å². The number of hydrogen-bond donors (Lipinski definition) is 1. The number of rotatable bonds is 5. The van der Waals surface area contributed by atoms with Crippen LogP contribution in [0.3, 0.4) is 0 Å². The second-order valence-electron chi connectivity index (χ2n) is 6.89. The van der Waals surface area contributed by atoms with Gasteiger partial charge in [0.1, 0.15) is 17.7 Å². The van der Waals surface area contributed by atoms with Crippen molar-refractivity contribution in [2.45, 2.75) is 13.0 Å². The number of nitrogens with two attached hydrogens (primary N) is 1. The van der Waals surface area contributed by atoms with Crippen LogP contribution < -0.4 is 16.2 Å². The molecule has 1 aromatic heterocycles. The molecule has 8 heteroatoms. The number of anilines is 2. The Labute approximate surface area is 173 Å².